The number of rotatable bonds is 12. The molecule has 0 aromatic heterocycles. The Labute approximate surface area is 139 Å². The van der Waals surface area contributed by atoms with Gasteiger partial charge in [0, 0.05) is 11.2 Å². The lowest BCUT2D eigenvalue weighted by Crippen LogP contribution is -2.22. The van der Waals surface area contributed by atoms with E-state index in [2.05, 4.69) is 38.8 Å². The average molecular weight is 440 g/mol. The van der Waals surface area contributed by atoms with Crippen LogP contribution in [0.5, 0.6) is 0 Å². The minimum absolute atomic E-state index is 0.0520. The summed E-state index contributed by atoms with van der Waals surface area (Å²) < 4.78 is 35.2. The lowest BCUT2D eigenvalue weighted by atomic mass is 10.1. The van der Waals surface area contributed by atoms with E-state index in [1.165, 1.54) is 12.8 Å². The highest BCUT2D eigenvalue weighted by Crippen LogP contribution is 2.66. The highest BCUT2D eigenvalue weighted by atomic mass is 79.9. The van der Waals surface area contributed by atoms with Crippen molar-refractivity contribution in [1.29, 1.82) is 0 Å². The summed E-state index contributed by atoms with van der Waals surface area (Å²) in [4.78, 5) is -0.0574. The Kier molecular flexibility index (Phi) is 11.3. The minimum atomic E-state index is -3.80. The van der Waals surface area contributed by atoms with E-state index in [0.29, 0.717) is 0 Å². The van der Waals surface area contributed by atoms with Gasteiger partial charge in [0.05, 0.1) is 13.2 Å². The second-order valence-electron chi connectivity index (χ2n) is 4.65. The van der Waals surface area contributed by atoms with Crippen LogP contribution >= 0.6 is 39.5 Å². The molecule has 0 amide bonds. The largest absolute Gasteiger partial charge is 0.378 e. The molecule has 0 saturated heterocycles. The Morgan fingerprint density at radius 3 is 2.15 bits per heavy atom. The molecule has 0 heterocycles. The standard InChI is InChI=1S/C13H26Br2FO3P/c1-4-7-8-9-10-12(14)11-13(15,16)20(17,18-5-2)19-6-3/h12H,4-11H2,1-3H3. The molecule has 7 heteroatoms. The van der Waals surface area contributed by atoms with Gasteiger partial charge >= 0.3 is 7.60 Å². The fourth-order valence-electron chi connectivity index (χ4n) is 1.84. The molecule has 2 unspecified atom stereocenters. The maximum Gasteiger partial charge on any atom is 0.378 e. The summed E-state index contributed by atoms with van der Waals surface area (Å²) in [7, 11) is -3.80. The Bertz CT molecular complexity index is 293. The first kappa shape index (κ1) is 21.0. The fourth-order valence-corrected chi connectivity index (χ4v) is 5.87. The molecule has 0 radical (unpaired) electrons. The summed E-state index contributed by atoms with van der Waals surface area (Å²) in [5.41, 5.74) is 0. The summed E-state index contributed by atoms with van der Waals surface area (Å²) in [6, 6.07) is 0. The van der Waals surface area contributed by atoms with E-state index >= 15 is 0 Å². The van der Waals surface area contributed by atoms with Crippen LogP contribution in [0.2, 0.25) is 0 Å². The van der Waals surface area contributed by atoms with Gasteiger partial charge in [0.2, 0.25) is 0 Å². The van der Waals surface area contributed by atoms with Crippen LogP contribution in [0.4, 0.5) is 4.39 Å². The van der Waals surface area contributed by atoms with Crippen LogP contribution in [0, 0.1) is 0 Å². The molecule has 0 rings (SSSR count). The molecule has 3 nitrogen and oxygen atoms in total. The van der Waals surface area contributed by atoms with Crippen molar-refractivity contribution < 1.29 is 18.0 Å². The van der Waals surface area contributed by atoms with E-state index in [1.54, 1.807) is 13.8 Å². The van der Waals surface area contributed by atoms with Crippen LogP contribution < -0.4 is 0 Å². The minimum Gasteiger partial charge on any atom is -0.306 e. The monoisotopic (exact) mass is 438 g/mol. The van der Waals surface area contributed by atoms with E-state index in [4.69, 9.17) is 9.05 Å². The van der Waals surface area contributed by atoms with Crippen molar-refractivity contribution in [2.24, 2.45) is 0 Å². The van der Waals surface area contributed by atoms with Crippen LogP contribution in [-0.2, 0) is 13.6 Å². The van der Waals surface area contributed by atoms with Crippen molar-refractivity contribution >= 4 is 39.5 Å². The summed E-state index contributed by atoms with van der Waals surface area (Å²) in [5.74, 6) is 0. The molecule has 0 bridgehead atoms. The van der Waals surface area contributed by atoms with Crippen LogP contribution in [0.3, 0.4) is 0 Å². The zero-order chi connectivity index (χ0) is 15.6. The molecule has 0 N–H and O–H groups in total. The molecule has 2 atom stereocenters. The number of hydrogen-bond acceptors (Lipinski definition) is 3. The van der Waals surface area contributed by atoms with Gasteiger partial charge < -0.3 is 9.05 Å². The summed E-state index contributed by atoms with van der Waals surface area (Å²) in [5, 5.41) is 0. The molecular weight excluding hydrogens is 414 g/mol. The normalized spacial score (nSPS) is 16.9. The number of hydrogen-bond donors (Lipinski definition) is 0. The number of unbranched alkanes of at least 4 members (excludes halogenated alkanes) is 3. The topological polar surface area (TPSA) is 35.5 Å². The van der Waals surface area contributed by atoms with Gasteiger partial charge in [0.15, 0.2) is 0 Å². The Morgan fingerprint density at radius 2 is 1.70 bits per heavy atom. The van der Waals surface area contributed by atoms with E-state index in [0.717, 1.165) is 19.3 Å². The van der Waals surface area contributed by atoms with E-state index in [9.17, 15) is 8.96 Å². The van der Waals surface area contributed by atoms with Gasteiger partial charge in [-0.05, 0) is 36.2 Å². The van der Waals surface area contributed by atoms with E-state index < -0.39 is 11.9 Å². The summed E-state index contributed by atoms with van der Waals surface area (Å²) >= 11 is 6.38. The van der Waals surface area contributed by atoms with Crippen molar-refractivity contribution in [3.63, 3.8) is 0 Å². The maximum absolute atomic E-state index is 14.7. The maximum atomic E-state index is 14.7. The summed E-state index contributed by atoms with van der Waals surface area (Å²) in [6.07, 6.45) is 5.41. The van der Waals surface area contributed by atoms with Gasteiger partial charge in [-0.1, -0.05) is 48.5 Å². The van der Waals surface area contributed by atoms with Crippen molar-refractivity contribution in [2.75, 3.05) is 13.2 Å². The number of halogens is 3. The van der Waals surface area contributed by atoms with Crippen LogP contribution in [-0.4, -0.2) is 22.4 Å². The lowest BCUT2D eigenvalue weighted by molar-refractivity contribution is 0.178. The van der Waals surface area contributed by atoms with Gasteiger partial charge in [-0.2, -0.15) is 0 Å². The first-order chi connectivity index (χ1) is 9.33. The molecule has 0 aliphatic rings. The highest BCUT2D eigenvalue weighted by Gasteiger charge is 2.50. The van der Waals surface area contributed by atoms with Crippen molar-refractivity contribution in [1.82, 2.24) is 0 Å². The van der Waals surface area contributed by atoms with Gasteiger partial charge in [0.25, 0.3) is 4.32 Å². The molecule has 0 aromatic rings. The fraction of sp³-hybridized carbons (Fsp3) is 1.00. The zero-order valence-corrected chi connectivity index (χ0v) is 16.6. The second-order valence-corrected chi connectivity index (χ2v) is 10.0. The molecule has 0 aliphatic carbocycles. The van der Waals surface area contributed by atoms with Crippen molar-refractivity contribution in [2.45, 2.75) is 68.4 Å². The van der Waals surface area contributed by atoms with Gasteiger partial charge in [0.1, 0.15) is 0 Å². The van der Waals surface area contributed by atoms with Crippen molar-refractivity contribution in [3.8, 4) is 0 Å². The van der Waals surface area contributed by atoms with Gasteiger partial charge in [-0.15, -0.1) is 0 Å². The first-order valence-electron chi connectivity index (χ1n) is 7.24. The van der Waals surface area contributed by atoms with Gasteiger partial charge in [-0.3, -0.25) is 4.57 Å². The Hall–Kier alpha value is 1.04. The molecular formula is C13H26Br2FO3P. The highest BCUT2D eigenvalue weighted by molar-refractivity contribution is 9.11. The predicted octanol–water partition coefficient (Wildman–Crippen LogP) is 6.39. The summed E-state index contributed by atoms with van der Waals surface area (Å²) in [6.45, 7) is 5.79. The van der Waals surface area contributed by atoms with Crippen LogP contribution in [0.1, 0.15) is 59.3 Å². The SMILES string of the molecule is CCCCCCC(Br)CC(F)(Br)P(=O)(OCC)OCC. The van der Waals surface area contributed by atoms with E-state index in [1.807, 2.05) is 0 Å². The lowest BCUT2D eigenvalue weighted by Gasteiger charge is -2.29. The molecule has 0 aromatic carbocycles. The third kappa shape index (κ3) is 7.35. The average Bonchev–Trinajstić information content (AvgIpc) is 2.34. The van der Waals surface area contributed by atoms with Crippen LogP contribution in [0.15, 0.2) is 0 Å². The Balaban J connectivity index is 4.48. The smallest absolute Gasteiger partial charge is 0.306 e. The molecule has 122 valence electrons. The van der Waals surface area contributed by atoms with Gasteiger partial charge in [-0.25, -0.2) is 4.39 Å². The quantitative estimate of drug-likeness (QED) is 0.200. The first-order valence-corrected chi connectivity index (χ1v) is 10.5. The molecule has 20 heavy (non-hydrogen) atoms. The molecule has 0 fully saturated rings. The second kappa shape index (κ2) is 10.7. The molecule has 0 saturated carbocycles. The Morgan fingerprint density at radius 1 is 1.15 bits per heavy atom. The van der Waals surface area contributed by atoms with E-state index in [-0.39, 0.29) is 24.5 Å². The van der Waals surface area contributed by atoms with Crippen LogP contribution in [0.25, 0.3) is 0 Å². The van der Waals surface area contributed by atoms with Crippen molar-refractivity contribution in [3.05, 3.63) is 0 Å². The third-order valence-electron chi connectivity index (χ3n) is 2.84. The third-order valence-corrected chi connectivity index (χ3v) is 7.43. The molecule has 0 spiro atoms. The predicted molar refractivity (Wildman–Crippen MR) is 89.7 cm³/mol. The molecule has 0 aliphatic heterocycles. The number of alkyl halides is 3. The zero-order valence-electron chi connectivity index (χ0n) is 12.5.